The van der Waals surface area contributed by atoms with Crippen molar-refractivity contribution in [3.8, 4) is 10.6 Å². The summed E-state index contributed by atoms with van der Waals surface area (Å²) in [5, 5.41) is 6.56. The van der Waals surface area contributed by atoms with Crippen LogP contribution in [-0.4, -0.2) is 54.1 Å². The fraction of sp³-hybridized carbons (Fsp3) is 0.316. The summed E-state index contributed by atoms with van der Waals surface area (Å²) >= 11 is 1.18. The molecule has 0 atom stereocenters. The van der Waals surface area contributed by atoms with E-state index in [2.05, 4.69) is 20.1 Å². The molecule has 0 amide bonds. The van der Waals surface area contributed by atoms with E-state index in [-0.39, 0.29) is 9.77 Å². The molecule has 4 heterocycles. The summed E-state index contributed by atoms with van der Waals surface area (Å²) in [7, 11) is -3.57. The molecule has 29 heavy (non-hydrogen) atoms. The van der Waals surface area contributed by atoms with Gasteiger partial charge in [0.05, 0.1) is 16.8 Å². The Morgan fingerprint density at radius 2 is 1.97 bits per heavy atom. The maximum absolute atomic E-state index is 13.1. The highest BCUT2D eigenvalue weighted by Crippen LogP contribution is 2.33. The maximum atomic E-state index is 13.1. The Kier molecular flexibility index (Phi) is 5.48. The topological polar surface area (TPSA) is 99.3 Å². The first-order valence-electron chi connectivity index (χ1n) is 9.33. The minimum absolute atomic E-state index is 0.263. The molecule has 0 unspecified atom stereocenters. The number of pyridine rings is 1. The SMILES string of the molecule is CCc1cc(=O)[nH]nc1-c1ccc(S(=O)(=O)N2CCN(c3cccnc3)CC2)s1. The van der Waals surface area contributed by atoms with E-state index in [0.717, 1.165) is 16.1 Å². The molecule has 1 aliphatic heterocycles. The Hall–Kier alpha value is -2.56. The molecule has 0 aromatic carbocycles. The zero-order chi connectivity index (χ0) is 20.4. The summed E-state index contributed by atoms with van der Waals surface area (Å²) in [5.41, 5.74) is 2.16. The number of nitrogens with zero attached hydrogens (tertiary/aromatic N) is 4. The highest BCUT2D eigenvalue weighted by Gasteiger charge is 2.30. The van der Waals surface area contributed by atoms with Crippen LogP contribution in [-0.2, 0) is 16.4 Å². The first-order valence-corrected chi connectivity index (χ1v) is 11.6. The van der Waals surface area contributed by atoms with Gasteiger partial charge < -0.3 is 4.90 Å². The van der Waals surface area contributed by atoms with Crippen molar-refractivity contribution in [2.24, 2.45) is 0 Å². The number of hydrogen-bond acceptors (Lipinski definition) is 7. The summed E-state index contributed by atoms with van der Waals surface area (Å²) in [6.07, 6.45) is 4.15. The molecule has 0 bridgehead atoms. The normalized spacial score (nSPS) is 15.6. The van der Waals surface area contributed by atoms with Crippen molar-refractivity contribution < 1.29 is 8.42 Å². The first kappa shape index (κ1) is 19.7. The van der Waals surface area contributed by atoms with Gasteiger partial charge in [0.1, 0.15) is 9.90 Å². The standard InChI is InChI=1S/C19H21N5O3S2/c1-2-14-12-17(25)21-22-19(14)16-5-6-18(28-16)29(26,27)24-10-8-23(9-11-24)15-4-3-7-20-13-15/h3-7,12-13H,2,8-11H2,1H3,(H,21,25). The predicted molar refractivity (Wildman–Crippen MR) is 113 cm³/mol. The molecule has 0 radical (unpaired) electrons. The fourth-order valence-electron chi connectivity index (χ4n) is 3.37. The van der Waals surface area contributed by atoms with E-state index in [1.54, 1.807) is 24.5 Å². The monoisotopic (exact) mass is 431 g/mol. The number of sulfonamides is 1. The van der Waals surface area contributed by atoms with Crippen LogP contribution in [0.4, 0.5) is 5.69 Å². The summed E-state index contributed by atoms with van der Waals surface area (Å²) in [6, 6.07) is 8.73. The number of hydrogen-bond donors (Lipinski definition) is 1. The predicted octanol–water partition coefficient (Wildman–Crippen LogP) is 1.97. The number of aromatic amines is 1. The summed E-state index contributed by atoms with van der Waals surface area (Å²) in [6.45, 7) is 4.01. The zero-order valence-electron chi connectivity index (χ0n) is 15.9. The number of aryl methyl sites for hydroxylation is 1. The third-order valence-corrected chi connectivity index (χ3v) is 8.38. The number of H-pyrrole nitrogens is 1. The smallest absolute Gasteiger partial charge is 0.264 e. The van der Waals surface area contributed by atoms with E-state index in [1.165, 1.54) is 21.7 Å². The van der Waals surface area contributed by atoms with Crippen LogP contribution in [0.2, 0.25) is 0 Å². The van der Waals surface area contributed by atoms with Gasteiger partial charge in [-0.2, -0.15) is 9.40 Å². The minimum Gasteiger partial charge on any atom is -0.368 e. The summed E-state index contributed by atoms with van der Waals surface area (Å²) < 4.78 is 28.0. The van der Waals surface area contributed by atoms with Crippen molar-refractivity contribution in [2.45, 2.75) is 17.6 Å². The lowest BCUT2D eigenvalue weighted by Gasteiger charge is -2.34. The van der Waals surface area contributed by atoms with Crippen molar-refractivity contribution >= 4 is 27.0 Å². The van der Waals surface area contributed by atoms with Gasteiger partial charge in [0, 0.05) is 38.4 Å². The molecule has 3 aromatic heterocycles. The molecule has 1 fully saturated rings. The number of anilines is 1. The minimum atomic E-state index is -3.57. The lowest BCUT2D eigenvalue weighted by atomic mass is 10.1. The summed E-state index contributed by atoms with van der Waals surface area (Å²) in [4.78, 5) is 18.5. The van der Waals surface area contributed by atoms with Crippen molar-refractivity contribution in [1.82, 2.24) is 19.5 Å². The van der Waals surface area contributed by atoms with Crippen LogP contribution in [0.3, 0.4) is 0 Å². The van der Waals surface area contributed by atoms with E-state index < -0.39 is 10.0 Å². The molecule has 8 nitrogen and oxygen atoms in total. The van der Waals surface area contributed by atoms with Gasteiger partial charge in [0.15, 0.2) is 0 Å². The second kappa shape index (κ2) is 8.05. The van der Waals surface area contributed by atoms with E-state index in [0.29, 0.717) is 38.3 Å². The van der Waals surface area contributed by atoms with Crippen LogP contribution in [0.15, 0.2) is 51.7 Å². The van der Waals surface area contributed by atoms with Crippen LogP contribution >= 0.6 is 11.3 Å². The van der Waals surface area contributed by atoms with Gasteiger partial charge in [0.25, 0.3) is 15.6 Å². The largest absolute Gasteiger partial charge is 0.368 e. The first-order chi connectivity index (χ1) is 14.0. The third kappa shape index (κ3) is 3.96. The lowest BCUT2D eigenvalue weighted by Crippen LogP contribution is -2.48. The van der Waals surface area contributed by atoms with Gasteiger partial charge in [0.2, 0.25) is 0 Å². The molecular formula is C19H21N5O3S2. The molecule has 3 aromatic rings. The van der Waals surface area contributed by atoms with Crippen molar-refractivity contribution in [2.75, 3.05) is 31.1 Å². The van der Waals surface area contributed by atoms with Crippen LogP contribution in [0.1, 0.15) is 12.5 Å². The van der Waals surface area contributed by atoms with Crippen LogP contribution in [0, 0.1) is 0 Å². The van der Waals surface area contributed by atoms with Gasteiger partial charge in [-0.3, -0.25) is 9.78 Å². The molecule has 1 N–H and O–H groups in total. The second-order valence-electron chi connectivity index (χ2n) is 6.68. The number of thiophene rings is 1. The second-order valence-corrected chi connectivity index (χ2v) is 9.93. The molecule has 1 saturated heterocycles. The van der Waals surface area contributed by atoms with E-state index in [4.69, 9.17) is 0 Å². The Labute approximate surface area is 172 Å². The van der Waals surface area contributed by atoms with Crippen molar-refractivity contribution in [3.05, 3.63) is 58.6 Å². The highest BCUT2D eigenvalue weighted by atomic mass is 32.2. The van der Waals surface area contributed by atoms with Gasteiger partial charge >= 0.3 is 0 Å². The highest BCUT2D eigenvalue weighted by molar-refractivity contribution is 7.91. The molecular weight excluding hydrogens is 410 g/mol. The lowest BCUT2D eigenvalue weighted by molar-refractivity contribution is 0.386. The molecule has 0 saturated carbocycles. The number of aromatic nitrogens is 3. The Morgan fingerprint density at radius 3 is 2.66 bits per heavy atom. The Bertz CT molecular complexity index is 1150. The Morgan fingerprint density at radius 1 is 1.17 bits per heavy atom. The van der Waals surface area contributed by atoms with Gasteiger partial charge in [-0.05, 0) is 36.2 Å². The molecule has 1 aliphatic rings. The zero-order valence-corrected chi connectivity index (χ0v) is 17.5. The average molecular weight is 432 g/mol. The van der Waals surface area contributed by atoms with E-state index in [9.17, 15) is 13.2 Å². The third-order valence-electron chi connectivity index (χ3n) is 4.93. The van der Waals surface area contributed by atoms with Crippen molar-refractivity contribution in [1.29, 1.82) is 0 Å². The number of nitrogens with one attached hydrogen (secondary N) is 1. The molecule has 4 rings (SSSR count). The Balaban J connectivity index is 1.53. The van der Waals surface area contributed by atoms with Gasteiger partial charge in [-0.25, -0.2) is 13.5 Å². The van der Waals surface area contributed by atoms with Crippen LogP contribution in [0.5, 0.6) is 0 Å². The van der Waals surface area contributed by atoms with Crippen molar-refractivity contribution in [3.63, 3.8) is 0 Å². The quantitative estimate of drug-likeness (QED) is 0.663. The van der Waals surface area contributed by atoms with E-state index in [1.807, 2.05) is 19.1 Å². The van der Waals surface area contributed by atoms with E-state index >= 15 is 0 Å². The van der Waals surface area contributed by atoms with Crippen LogP contribution in [0.25, 0.3) is 10.6 Å². The summed E-state index contributed by atoms with van der Waals surface area (Å²) in [5.74, 6) is 0. The van der Waals surface area contributed by atoms with Crippen LogP contribution < -0.4 is 10.5 Å². The average Bonchev–Trinajstić information content (AvgIpc) is 3.25. The molecule has 10 heteroatoms. The number of piperazine rings is 1. The fourth-order valence-corrected chi connectivity index (χ4v) is 6.27. The number of rotatable bonds is 5. The molecule has 152 valence electrons. The van der Waals surface area contributed by atoms with Gasteiger partial charge in [-0.1, -0.05) is 6.92 Å². The van der Waals surface area contributed by atoms with Gasteiger partial charge in [-0.15, -0.1) is 11.3 Å². The molecule has 0 spiro atoms. The maximum Gasteiger partial charge on any atom is 0.264 e. The molecule has 0 aliphatic carbocycles.